The van der Waals surface area contributed by atoms with Gasteiger partial charge in [-0.05, 0) is 49.1 Å². The first kappa shape index (κ1) is 13.0. The van der Waals surface area contributed by atoms with Gasteiger partial charge in [0.25, 0.3) is 0 Å². The lowest BCUT2D eigenvalue weighted by molar-refractivity contribution is -0.131. The van der Waals surface area contributed by atoms with Crippen LogP contribution in [-0.2, 0) is 11.2 Å². The van der Waals surface area contributed by atoms with E-state index >= 15 is 0 Å². The summed E-state index contributed by atoms with van der Waals surface area (Å²) >= 11 is 0. The molecule has 90 valence electrons. The lowest BCUT2D eigenvalue weighted by Crippen LogP contribution is -1.89. The van der Waals surface area contributed by atoms with E-state index in [1.807, 2.05) is 6.92 Å². The molecule has 17 heavy (non-hydrogen) atoms. The molecule has 0 saturated heterocycles. The van der Waals surface area contributed by atoms with Crippen molar-refractivity contribution in [3.63, 3.8) is 0 Å². The number of aliphatic carboxylic acids is 1. The molecule has 3 nitrogen and oxygen atoms in total. The molecule has 0 aliphatic rings. The average molecular weight is 232 g/mol. The maximum Gasteiger partial charge on any atom is 0.328 e. The van der Waals surface area contributed by atoms with E-state index in [4.69, 9.17) is 5.11 Å². The topological polar surface area (TPSA) is 57.5 Å². The number of hydrogen-bond acceptors (Lipinski definition) is 2. The van der Waals surface area contributed by atoms with Crippen LogP contribution in [-0.4, -0.2) is 16.2 Å². The monoisotopic (exact) mass is 232 g/mol. The molecule has 0 spiro atoms. The van der Waals surface area contributed by atoms with E-state index in [1.165, 1.54) is 6.08 Å². The fourth-order valence-electron chi connectivity index (χ4n) is 1.42. The zero-order valence-electron chi connectivity index (χ0n) is 9.81. The Hall–Kier alpha value is -2.03. The number of phenolic OH excluding ortho intramolecular Hbond substituents is 1. The van der Waals surface area contributed by atoms with Gasteiger partial charge in [0.05, 0.1) is 0 Å². The van der Waals surface area contributed by atoms with Crippen LogP contribution in [0.5, 0.6) is 5.75 Å². The zero-order valence-corrected chi connectivity index (χ0v) is 9.81. The maximum absolute atomic E-state index is 10.4. The van der Waals surface area contributed by atoms with E-state index in [2.05, 4.69) is 6.58 Å². The minimum absolute atomic E-state index is 0.235. The van der Waals surface area contributed by atoms with Crippen molar-refractivity contribution >= 4 is 12.0 Å². The van der Waals surface area contributed by atoms with Gasteiger partial charge in [-0.1, -0.05) is 11.6 Å². The molecule has 0 fully saturated rings. The quantitative estimate of drug-likeness (QED) is 0.606. The van der Waals surface area contributed by atoms with Crippen LogP contribution in [0.25, 0.3) is 6.08 Å². The minimum atomic E-state index is -0.985. The van der Waals surface area contributed by atoms with Crippen molar-refractivity contribution in [3.8, 4) is 5.75 Å². The summed E-state index contributed by atoms with van der Waals surface area (Å²) in [5.74, 6) is -0.750. The number of phenols is 1. The standard InChI is InChI=1S/C14H16O3/c1-10(2)3-6-12-9-11(4-7-13(12)15)5-8-14(16)17/h4-5,7-9,15H,1,3,6H2,2H3,(H,16,17). The van der Waals surface area contributed by atoms with Gasteiger partial charge in [0.1, 0.15) is 5.75 Å². The number of allylic oxidation sites excluding steroid dienone is 1. The first-order chi connectivity index (χ1) is 7.99. The molecule has 2 N–H and O–H groups in total. The Kier molecular flexibility index (Phi) is 4.52. The lowest BCUT2D eigenvalue weighted by atomic mass is 10.0. The third-order valence-corrected chi connectivity index (χ3v) is 2.34. The van der Waals surface area contributed by atoms with Crippen LogP contribution in [0.4, 0.5) is 0 Å². The number of carbonyl (C=O) groups is 1. The Morgan fingerprint density at radius 3 is 2.76 bits per heavy atom. The SMILES string of the molecule is C=C(C)CCc1cc(C=CC(=O)O)ccc1O. The van der Waals surface area contributed by atoms with Crippen molar-refractivity contribution < 1.29 is 15.0 Å². The number of aromatic hydroxyl groups is 1. The number of carboxylic acid groups (broad SMARTS) is 1. The highest BCUT2D eigenvalue weighted by molar-refractivity contribution is 5.85. The predicted molar refractivity (Wildman–Crippen MR) is 67.9 cm³/mol. The fraction of sp³-hybridized carbons (Fsp3) is 0.214. The molecule has 0 bridgehead atoms. The smallest absolute Gasteiger partial charge is 0.328 e. The number of aryl methyl sites for hydroxylation is 1. The largest absolute Gasteiger partial charge is 0.508 e. The van der Waals surface area contributed by atoms with E-state index in [0.717, 1.165) is 29.2 Å². The molecule has 1 rings (SSSR count). The van der Waals surface area contributed by atoms with Gasteiger partial charge in [-0.15, -0.1) is 6.58 Å². The molecule has 0 amide bonds. The maximum atomic E-state index is 10.4. The summed E-state index contributed by atoms with van der Waals surface area (Å²) in [6.07, 6.45) is 4.09. The third kappa shape index (κ3) is 4.55. The molecule has 1 aromatic rings. The van der Waals surface area contributed by atoms with Gasteiger partial charge in [0.2, 0.25) is 0 Å². The van der Waals surface area contributed by atoms with Crippen LogP contribution in [0.2, 0.25) is 0 Å². The van der Waals surface area contributed by atoms with Gasteiger partial charge in [-0.25, -0.2) is 4.79 Å². The molecule has 0 radical (unpaired) electrons. The van der Waals surface area contributed by atoms with Gasteiger partial charge in [0.15, 0.2) is 0 Å². The van der Waals surface area contributed by atoms with Crippen LogP contribution in [0.15, 0.2) is 36.4 Å². The summed E-state index contributed by atoms with van der Waals surface area (Å²) < 4.78 is 0. The van der Waals surface area contributed by atoms with Crippen LogP contribution in [0, 0.1) is 0 Å². The first-order valence-corrected chi connectivity index (χ1v) is 5.36. The predicted octanol–water partition coefficient (Wildman–Crippen LogP) is 3.00. The highest BCUT2D eigenvalue weighted by Gasteiger charge is 2.02. The zero-order chi connectivity index (χ0) is 12.8. The molecule has 0 aliphatic heterocycles. The van der Waals surface area contributed by atoms with E-state index in [-0.39, 0.29) is 5.75 Å². The molecule has 0 unspecified atom stereocenters. The number of carboxylic acids is 1. The summed E-state index contributed by atoms with van der Waals surface area (Å²) in [6.45, 7) is 5.74. The van der Waals surface area contributed by atoms with Crippen LogP contribution in [0.3, 0.4) is 0 Å². The molecule has 0 saturated carbocycles. The van der Waals surface area contributed by atoms with Crippen LogP contribution < -0.4 is 0 Å². The summed E-state index contributed by atoms with van der Waals surface area (Å²) in [4.78, 5) is 10.4. The Balaban J connectivity index is 2.86. The second-order valence-corrected chi connectivity index (χ2v) is 4.02. The normalized spacial score (nSPS) is 10.6. The van der Waals surface area contributed by atoms with Gasteiger partial charge in [-0.2, -0.15) is 0 Å². The van der Waals surface area contributed by atoms with E-state index in [0.29, 0.717) is 6.42 Å². The Morgan fingerprint density at radius 2 is 2.18 bits per heavy atom. The van der Waals surface area contributed by atoms with Crippen molar-refractivity contribution in [2.75, 3.05) is 0 Å². The minimum Gasteiger partial charge on any atom is -0.508 e. The summed E-state index contributed by atoms with van der Waals surface area (Å²) in [7, 11) is 0. The average Bonchev–Trinajstić information content (AvgIpc) is 2.26. The molecule has 3 heteroatoms. The van der Waals surface area contributed by atoms with E-state index in [9.17, 15) is 9.90 Å². The summed E-state index contributed by atoms with van der Waals surface area (Å²) in [6, 6.07) is 5.05. The third-order valence-electron chi connectivity index (χ3n) is 2.34. The Morgan fingerprint density at radius 1 is 1.47 bits per heavy atom. The van der Waals surface area contributed by atoms with E-state index < -0.39 is 5.97 Å². The molecular formula is C14H16O3. The molecule has 0 atom stereocenters. The van der Waals surface area contributed by atoms with Gasteiger partial charge in [-0.3, -0.25) is 0 Å². The number of rotatable bonds is 5. The van der Waals surface area contributed by atoms with Gasteiger partial charge >= 0.3 is 5.97 Å². The van der Waals surface area contributed by atoms with E-state index in [1.54, 1.807) is 18.2 Å². The molecule has 0 aromatic heterocycles. The summed E-state index contributed by atoms with van der Waals surface area (Å²) in [5.41, 5.74) is 2.62. The number of benzene rings is 1. The molecule has 1 aromatic carbocycles. The second-order valence-electron chi connectivity index (χ2n) is 4.02. The number of hydrogen-bond donors (Lipinski definition) is 2. The fourth-order valence-corrected chi connectivity index (χ4v) is 1.42. The first-order valence-electron chi connectivity index (χ1n) is 5.36. The van der Waals surface area contributed by atoms with Crippen molar-refractivity contribution in [1.82, 2.24) is 0 Å². The molecule has 0 heterocycles. The Labute approximate surface area is 101 Å². The van der Waals surface area contributed by atoms with Crippen molar-refractivity contribution in [2.45, 2.75) is 19.8 Å². The highest BCUT2D eigenvalue weighted by Crippen LogP contribution is 2.21. The summed E-state index contributed by atoms with van der Waals surface area (Å²) in [5, 5.41) is 18.2. The molecular weight excluding hydrogens is 216 g/mol. The lowest BCUT2D eigenvalue weighted by Gasteiger charge is -2.05. The van der Waals surface area contributed by atoms with Crippen molar-refractivity contribution in [3.05, 3.63) is 47.6 Å². The second kappa shape index (κ2) is 5.89. The Bertz CT molecular complexity index is 459. The van der Waals surface area contributed by atoms with Gasteiger partial charge in [0, 0.05) is 6.08 Å². The van der Waals surface area contributed by atoms with Crippen LogP contribution >= 0.6 is 0 Å². The van der Waals surface area contributed by atoms with Crippen molar-refractivity contribution in [2.24, 2.45) is 0 Å². The van der Waals surface area contributed by atoms with Crippen molar-refractivity contribution in [1.29, 1.82) is 0 Å². The highest BCUT2D eigenvalue weighted by atomic mass is 16.4. The van der Waals surface area contributed by atoms with Gasteiger partial charge < -0.3 is 10.2 Å². The molecule has 0 aliphatic carbocycles. The van der Waals surface area contributed by atoms with Crippen LogP contribution in [0.1, 0.15) is 24.5 Å².